The van der Waals surface area contributed by atoms with E-state index < -0.39 is 40.6 Å². The highest BCUT2D eigenvalue weighted by Gasteiger charge is 2.49. The van der Waals surface area contributed by atoms with Crippen molar-refractivity contribution >= 4 is 27.8 Å². The van der Waals surface area contributed by atoms with Gasteiger partial charge < -0.3 is 28.6 Å². The number of hydrogen-bond donors (Lipinski definition) is 1. The highest BCUT2D eigenvalue weighted by atomic mass is 19.1. The zero-order chi connectivity index (χ0) is 42.0. The van der Waals surface area contributed by atoms with Crippen LogP contribution >= 0.6 is 0 Å². The number of ether oxygens (including phenoxy) is 5. The molecule has 3 aromatic carbocycles. The maximum atomic E-state index is 17.0. The zero-order valence-electron chi connectivity index (χ0n) is 34.1. The number of likely N-dealkylation sites (tertiary alicyclic amines) is 1. The molecule has 15 heteroatoms. The minimum Gasteiger partial charge on any atom is -0.489 e. The van der Waals surface area contributed by atoms with Crippen LogP contribution in [-0.2, 0) is 16.1 Å². The van der Waals surface area contributed by atoms with Crippen LogP contribution in [-0.4, -0.2) is 100 Å². The first-order valence-corrected chi connectivity index (χ1v) is 20.6. The first-order chi connectivity index (χ1) is 28.9. The van der Waals surface area contributed by atoms with E-state index in [1.807, 2.05) is 51.1 Å². The number of alkyl halides is 1. The molecule has 3 aliphatic heterocycles. The molecule has 12 nitrogen and oxygen atoms in total. The second-order valence-corrected chi connectivity index (χ2v) is 16.9. The normalized spacial score (nSPS) is 20.9. The standard InChI is InChI=1S/C45H50F3N5O7/c1-44(2,3)60-43(55)52-16-8-7-12-31(25-52)56-18-19-57-40-35(47)14-13-29-20-32(58-26-28-10-5-4-6-11-28)21-33(36(29)40)38-37(48)39-34(23-49-38)41(54)51-42(50-39)59-27-45-15-9-17-53(45)24-30(46)22-45/h4-6,10-11,13-14,20-21,23,30-31H,7-9,12,15-19,22,24-27H2,1-3H3,(H,50,51,54)/t30-,31-,45+/m1/s1. The summed E-state index contributed by atoms with van der Waals surface area (Å²) in [7, 11) is 0. The first-order valence-electron chi connectivity index (χ1n) is 20.6. The molecule has 3 aliphatic rings. The monoisotopic (exact) mass is 829 g/mol. The number of pyridine rings is 1. The van der Waals surface area contributed by atoms with Gasteiger partial charge in [-0.25, -0.2) is 18.0 Å². The van der Waals surface area contributed by atoms with Crippen LogP contribution in [0, 0.1) is 11.6 Å². The summed E-state index contributed by atoms with van der Waals surface area (Å²) >= 11 is 0. The Morgan fingerprint density at radius 2 is 1.82 bits per heavy atom. The van der Waals surface area contributed by atoms with Gasteiger partial charge in [-0.05, 0) is 88.6 Å². The molecule has 5 aromatic rings. The van der Waals surface area contributed by atoms with Gasteiger partial charge in [0, 0.05) is 36.7 Å². The number of aromatic nitrogens is 3. The molecule has 60 heavy (non-hydrogen) atoms. The van der Waals surface area contributed by atoms with Crippen LogP contribution in [0.3, 0.4) is 0 Å². The van der Waals surface area contributed by atoms with Crippen molar-refractivity contribution in [1.29, 1.82) is 0 Å². The van der Waals surface area contributed by atoms with Crippen molar-refractivity contribution in [3.63, 3.8) is 0 Å². The predicted octanol–water partition coefficient (Wildman–Crippen LogP) is 8.14. The SMILES string of the molecule is CC(C)(C)OC(=O)N1CCCC[C@@H](OCCOc2c(F)ccc3cc(OCc4ccccc4)cc(-c4ncc5c(=O)[nH]c(OC[C@@]67CCCN6C[C@H](F)C7)nc5c4F)c23)C1. The van der Waals surface area contributed by atoms with Crippen molar-refractivity contribution in [2.75, 3.05) is 46.0 Å². The fraction of sp³-hybridized carbons (Fsp3) is 0.467. The van der Waals surface area contributed by atoms with Gasteiger partial charge in [0.1, 0.15) is 48.6 Å². The molecule has 3 saturated heterocycles. The number of carbonyl (C=O) groups excluding carboxylic acids is 1. The molecule has 5 heterocycles. The fourth-order valence-corrected chi connectivity index (χ4v) is 8.58. The van der Waals surface area contributed by atoms with E-state index in [1.165, 1.54) is 12.3 Å². The Balaban J connectivity index is 1.09. The molecular weight excluding hydrogens is 780 g/mol. The minimum absolute atomic E-state index is 0.0575. The third kappa shape index (κ3) is 9.02. The smallest absolute Gasteiger partial charge is 0.410 e. The quantitative estimate of drug-likeness (QED) is 0.123. The third-order valence-electron chi connectivity index (χ3n) is 11.4. The first kappa shape index (κ1) is 41.3. The summed E-state index contributed by atoms with van der Waals surface area (Å²) < 4.78 is 77.4. The third-order valence-corrected chi connectivity index (χ3v) is 11.4. The van der Waals surface area contributed by atoms with Gasteiger partial charge >= 0.3 is 6.09 Å². The number of H-pyrrole nitrogens is 1. The number of fused-ring (bicyclic) bond motifs is 3. The molecule has 1 N–H and O–H groups in total. The van der Waals surface area contributed by atoms with Gasteiger partial charge in [-0.1, -0.05) is 36.4 Å². The maximum Gasteiger partial charge on any atom is 0.410 e. The van der Waals surface area contributed by atoms with Gasteiger partial charge in [0.05, 0.1) is 30.2 Å². The van der Waals surface area contributed by atoms with Crippen LogP contribution in [0.15, 0.2) is 65.6 Å². The highest BCUT2D eigenvalue weighted by molar-refractivity contribution is 6.02. The topological polar surface area (TPSA) is 128 Å². The largest absolute Gasteiger partial charge is 0.489 e. The van der Waals surface area contributed by atoms with Gasteiger partial charge in [-0.2, -0.15) is 4.98 Å². The molecule has 1 amide bonds. The lowest BCUT2D eigenvalue weighted by molar-refractivity contribution is -0.00491. The van der Waals surface area contributed by atoms with Crippen molar-refractivity contribution in [2.45, 2.75) is 89.3 Å². The van der Waals surface area contributed by atoms with E-state index in [9.17, 15) is 14.0 Å². The molecule has 0 unspecified atom stereocenters. The lowest BCUT2D eigenvalue weighted by Gasteiger charge is -2.30. The van der Waals surface area contributed by atoms with Crippen LogP contribution in [0.5, 0.6) is 17.5 Å². The summed E-state index contributed by atoms with van der Waals surface area (Å²) in [6.07, 6.45) is 3.91. The molecule has 0 radical (unpaired) electrons. The van der Waals surface area contributed by atoms with Crippen LogP contribution < -0.4 is 19.8 Å². The van der Waals surface area contributed by atoms with Crippen molar-refractivity contribution < 1.29 is 41.7 Å². The number of nitrogens with zero attached hydrogens (tertiary/aromatic N) is 4. The number of nitrogens with one attached hydrogen (secondary N) is 1. The molecule has 3 fully saturated rings. The number of halogens is 3. The van der Waals surface area contributed by atoms with E-state index in [2.05, 4.69) is 19.9 Å². The minimum atomic E-state index is -0.977. The van der Waals surface area contributed by atoms with Gasteiger partial charge in [0.2, 0.25) is 0 Å². The number of hydrogen-bond acceptors (Lipinski definition) is 10. The summed E-state index contributed by atoms with van der Waals surface area (Å²) in [5.41, 5.74) is -1.28. The predicted molar refractivity (Wildman–Crippen MR) is 219 cm³/mol. The van der Waals surface area contributed by atoms with Gasteiger partial charge in [-0.15, -0.1) is 0 Å². The van der Waals surface area contributed by atoms with E-state index in [0.29, 0.717) is 37.2 Å². The lowest BCUT2D eigenvalue weighted by Crippen LogP contribution is -2.43. The van der Waals surface area contributed by atoms with Crippen molar-refractivity contribution in [3.05, 3.63) is 88.3 Å². The van der Waals surface area contributed by atoms with Gasteiger partial charge in [-0.3, -0.25) is 19.7 Å². The molecule has 2 aromatic heterocycles. The Hall–Kier alpha value is -5.41. The van der Waals surface area contributed by atoms with Crippen molar-refractivity contribution in [2.24, 2.45) is 0 Å². The van der Waals surface area contributed by atoms with Crippen LogP contribution in [0.2, 0.25) is 0 Å². The Bertz CT molecular complexity index is 2410. The Labute approximate surface area is 345 Å². The number of carbonyl (C=O) groups is 1. The summed E-state index contributed by atoms with van der Waals surface area (Å²) in [5, 5.41) is 0.595. The molecule has 0 aliphatic carbocycles. The van der Waals surface area contributed by atoms with Gasteiger partial charge in [0.25, 0.3) is 11.6 Å². The van der Waals surface area contributed by atoms with E-state index in [-0.39, 0.29) is 71.8 Å². The zero-order valence-corrected chi connectivity index (χ0v) is 34.1. The second-order valence-electron chi connectivity index (χ2n) is 16.9. The lowest BCUT2D eigenvalue weighted by atomic mass is 9.95. The van der Waals surface area contributed by atoms with E-state index >= 15 is 8.78 Å². The summed E-state index contributed by atoms with van der Waals surface area (Å²) in [4.78, 5) is 41.2. The number of benzene rings is 3. The molecule has 3 atom stereocenters. The second kappa shape index (κ2) is 17.3. The molecule has 8 rings (SSSR count). The molecule has 0 bridgehead atoms. The Kier molecular flexibility index (Phi) is 11.9. The summed E-state index contributed by atoms with van der Waals surface area (Å²) in [5.74, 6) is -1.42. The number of aromatic amines is 1. The van der Waals surface area contributed by atoms with Crippen molar-refractivity contribution in [1.82, 2.24) is 24.8 Å². The average molecular weight is 830 g/mol. The number of amides is 1. The molecule has 0 saturated carbocycles. The van der Waals surface area contributed by atoms with Crippen LogP contribution in [0.25, 0.3) is 32.9 Å². The molecular formula is C45H50F3N5O7. The van der Waals surface area contributed by atoms with Gasteiger partial charge in [0.15, 0.2) is 17.4 Å². The molecule has 318 valence electrons. The highest BCUT2D eigenvalue weighted by Crippen LogP contribution is 2.42. The summed E-state index contributed by atoms with van der Waals surface area (Å²) in [6, 6.07) is 15.4. The van der Waals surface area contributed by atoms with E-state index in [4.69, 9.17) is 23.7 Å². The van der Waals surface area contributed by atoms with Crippen LogP contribution in [0.1, 0.15) is 64.9 Å². The van der Waals surface area contributed by atoms with Crippen molar-refractivity contribution in [3.8, 4) is 28.8 Å². The average Bonchev–Trinajstić information content (AvgIpc) is 3.63. The number of rotatable bonds is 12. The van der Waals surface area contributed by atoms with Crippen LogP contribution in [0.4, 0.5) is 18.0 Å². The van der Waals surface area contributed by atoms with E-state index in [1.54, 1.807) is 23.1 Å². The summed E-state index contributed by atoms with van der Waals surface area (Å²) in [6.45, 7) is 7.76. The maximum absolute atomic E-state index is 17.0. The fourth-order valence-electron chi connectivity index (χ4n) is 8.58. The Morgan fingerprint density at radius 1 is 0.983 bits per heavy atom. The molecule has 0 spiro atoms. The Morgan fingerprint density at radius 3 is 2.63 bits per heavy atom. The van der Waals surface area contributed by atoms with E-state index in [0.717, 1.165) is 44.2 Å².